The summed E-state index contributed by atoms with van der Waals surface area (Å²) in [5.74, 6) is -0.194. The van der Waals surface area contributed by atoms with Gasteiger partial charge in [-0.15, -0.1) is 0 Å². The molecule has 32 heavy (non-hydrogen) atoms. The predicted molar refractivity (Wildman–Crippen MR) is 119 cm³/mol. The van der Waals surface area contributed by atoms with Crippen LogP contribution in [0.25, 0.3) is 0 Å². The molecule has 3 rings (SSSR count). The van der Waals surface area contributed by atoms with E-state index in [1.807, 2.05) is 61.5 Å². The van der Waals surface area contributed by atoms with Crippen LogP contribution in [0.1, 0.15) is 50.2 Å². The molecule has 0 aromatic heterocycles. The van der Waals surface area contributed by atoms with Gasteiger partial charge < -0.3 is 19.0 Å². The summed E-state index contributed by atoms with van der Waals surface area (Å²) < 4.78 is 16.0. The maximum Gasteiger partial charge on any atom is 0.309 e. The number of nitrogens with zero attached hydrogens (tertiary/aromatic N) is 1. The monoisotopic (exact) mass is 439 g/mol. The topological polar surface area (TPSA) is 83.4 Å². The fraction of sp³-hybridized carbons (Fsp3) is 0.400. The standard InChI is InChI=1S/C25H29NO6/c1-3-4-13-30-24(28)17-25(16-23(27)29-2)15-22(26-32-25)20-11-8-12-21(14-20)31-18-19-9-6-5-7-10-19/h5-12,14H,3-4,13,15-18H2,1-2H3. The molecule has 0 spiro atoms. The Bertz CT molecular complexity index is 942. The average molecular weight is 440 g/mol. The molecule has 0 fully saturated rings. The largest absolute Gasteiger partial charge is 0.489 e. The molecule has 2 aromatic rings. The van der Waals surface area contributed by atoms with E-state index < -0.39 is 17.5 Å². The van der Waals surface area contributed by atoms with Crippen LogP contribution in [0, 0.1) is 0 Å². The fourth-order valence-electron chi connectivity index (χ4n) is 3.41. The van der Waals surface area contributed by atoms with Crippen molar-refractivity contribution in [1.29, 1.82) is 0 Å². The van der Waals surface area contributed by atoms with E-state index in [4.69, 9.17) is 19.0 Å². The van der Waals surface area contributed by atoms with E-state index in [-0.39, 0.29) is 19.3 Å². The summed E-state index contributed by atoms with van der Waals surface area (Å²) >= 11 is 0. The summed E-state index contributed by atoms with van der Waals surface area (Å²) in [5.41, 5.74) is 1.40. The van der Waals surface area contributed by atoms with Crippen LogP contribution in [0.4, 0.5) is 0 Å². The Morgan fingerprint density at radius 3 is 2.59 bits per heavy atom. The first-order chi connectivity index (χ1) is 15.5. The second kappa shape index (κ2) is 11.3. The van der Waals surface area contributed by atoms with E-state index in [1.165, 1.54) is 7.11 Å². The molecule has 1 aliphatic rings. The number of hydrogen-bond acceptors (Lipinski definition) is 7. The third-order valence-electron chi connectivity index (χ3n) is 5.18. The van der Waals surface area contributed by atoms with Gasteiger partial charge >= 0.3 is 11.9 Å². The number of oxime groups is 1. The quantitative estimate of drug-likeness (QED) is 0.381. The van der Waals surface area contributed by atoms with E-state index in [0.717, 1.165) is 24.0 Å². The molecule has 0 bridgehead atoms. The minimum absolute atomic E-state index is 0.0803. The van der Waals surface area contributed by atoms with Crippen molar-refractivity contribution in [3.05, 3.63) is 65.7 Å². The highest BCUT2D eigenvalue weighted by Gasteiger charge is 2.44. The van der Waals surface area contributed by atoms with Gasteiger partial charge in [-0.2, -0.15) is 0 Å². The Kier molecular flexibility index (Phi) is 8.25. The lowest BCUT2D eigenvalue weighted by Crippen LogP contribution is -2.36. The maximum absolute atomic E-state index is 12.3. The first-order valence-electron chi connectivity index (χ1n) is 10.8. The van der Waals surface area contributed by atoms with Gasteiger partial charge in [-0.1, -0.05) is 61.0 Å². The van der Waals surface area contributed by atoms with Crippen LogP contribution in [0.2, 0.25) is 0 Å². The van der Waals surface area contributed by atoms with E-state index in [2.05, 4.69) is 5.16 Å². The number of rotatable bonds is 11. The first-order valence-corrected chi connectivity index (χ1v) is 10.8. The van der Waals surface area contributed by atoms with Crippen LogP contribution in [0.3, 0.4) is 0 Å². The van der Waals surface area contributed by atoms with Gasteiger partial charge in [0.2, 0.25) is 0 Å². The lowest BCUT2D eigenvalue weighted by Gasteiger charge is -2.24. The second-order valence-electron chi connectivity index (χ2n) is 7.79. The van der Waals surface area contributed by atoms with E-state index in [0.29, 0.717) is 24.7 Å². The zero-order valence-electron chi connectivity index (χ0n) is 18.5. The molecular formula is C25H29NO6. The van der Waals surface area contributed by atoms with E-state index in [9.17, 15) is 9.59 Å². The summed E-state index contributed by atoms with van der Waals surface area (Å²) in [6.07, 6.45) is 1.82. The van der Waals surface area contributed by atoms with Crippen molar-refractivity contribution in [2.75, 3.05) is 13.7 Å². The zero-order valence-corrected chi connectivity index (χ0v) is 18.5. The molecule has 2 aromatic carbocycles. The van der Waals surface area contributed by atoms with Crippen LogP contribution < -0.4 is 4.74 Å². The van der Waals surface area contributed by atoms with Gasteiger partial charge in [0.25, 0.3) is 0 Å². The summed E-state index contributed by atoms with van der Waals surface area (Å²) in [6.45, 7) is 2.81. The number of hydrogen-bond donors (Lipinski definition) is 0. The molecule has 0 radical (unpaired) electrons. The van der Waals surface area contributed by atoms with Gasteiger partial charge in [-0.05, 0) is 24.1 Å². The van der Waals surface area contributed by atoms with Crippen LogP contribution in [0.15, 0.2) is 59.8 Å². The van der Waals surface area contributed by atoms with Crippen molar-refractivity contribution in [2.24, 2.45) is 5.16 Å². The van der Waals surface area contributed by atoms with Crippen LogP contribution in [0.5, 0.6) is 5.75 Å². The lowest BCUT2D eigenvalue weighted by molar-refractivity contribution is -0.156. The normalized spacial score (nSPS) is 17.2. The van der Waals surface area contributed by atoms with Gasteiger partial charge in [0.05, 0.1) is 32.3 Å². The molecule has 0 N–H and O–H groups in total. The molecule has 1 atom stereocenters. The number of methoxy groups -OCH3 is 1. The van der Waals surface area contributed by atoms with E-state index >= 15 is 0 Å². The zero-order chi connectivity index (χ0) is 22.8. The van der Waals surface area contributed by atoms with Crippen molar-refractivity contribution in [3.8, 4) is 5.75 Å². The average Bonchev–Trinajstić information content (AvgIpc) is 3.22. The van der Waals surface area contributed by atoms with Gasteiger partial charge in [0, 0.05) is 12.0 Å². The van der Waals surface area contributed by atoms with Crippen molar-refractivity contribution in [3.63, 3.8) is 0 Å². The number of esters is 2. The number of carbonyl (C=O) groups excluding carboxylic acids is 2. The lowest BCUT2D eigenvalue weighted by atomic mass is 9.88. The molecule has 1 aliphatic heterocycles. The number of unbranched alkanes of at least 4 members (excludes halogenated alkanes) is 1. The molecule has 1 heterocycles. The smallest absolute Gasteiger partial charge is 0.309 e. The minimum atomic E-state index is -1.12. The Hall–Kier alpha value is -3.35. The number of benzene rings is 2. The Morgan fingerprint density at radius 2 is 1.84 bits per heavy atom. The second-order valence-corrected chi connectivity index (χ2v) is 7.79. The number of carbonyl (C=O) groups is 2. The number of ether oxygens (including phenoxy) is 3. The third kappa shape index (κ3) is 6.57. The molecular weight excluding hydrogens is 410 g/mol. The highest BCUT2D eigenvalue weighted by Crippen LogP contribution is 2.34. The summed E-state index contributed by atoms with van der Waals surface area (Å²) in [6, 6.07) is 17.4. The minimum Gasteiger partial charge on any atom is -0.489 e. The van der Waals surface area contributed by atoms with Gasteiger partial charge in [0.15, 0.2) is 5.60 Å². The third-order valence-corrected chi connectivity index (χ3v) is 5.18. The molecule has 0 aliphatic carbocycles. The molecule has 7 nitrogen and oxygen atoms in total. The first kappa shape index (κ1) is 23.3. The molecule has 1 unspecified atom stereocenters. The SMILES string of the molecule is CCCCOC(=O)CC1(CC(=O)OC)CC(c2cccc(OCc3ccccc3)c2)=NO1. The summed E-state index contributed by atoms with van der Waals surface area (Å²) in [4.78, 5) is 30.0. The molecule has 7 heteroatoms. The van der Waals surface area contributed by atoms with Gasteiger partial charge in [0.1, 0.15) is 12.4 Å². The van der Waals surface area contributed by atoms with Gasteiger partial charge in [-0.25, -0.2) is 0 Å². The van der Waals surface area contributed by atoms with Crippen molar-refractivity contribution < 1.29 is 28.6 Å². The van der Waals surface area contributed by atoms with Crippen LogP contribution in [-0.4, -0.2) is 37.0 Å². The molecule has 0 saturated heterocycles. The Balaban J connectivity index is 1.67. The Morgan fingerprint density at radius 1 is 1.06 bits per heavy atom. The fourth-order valence-corrected chi connectivity index (χ4v) is 3.41. The molecule has 170 valence electrons. The Labute approximate surface area is 188 Å². The van der Waals surface area contributed by atoms with Gasteiger partial charge in [-0.3, -0.25) is 9.59 Å². The highest BCUT2D eigenvalue weighted by molar-refractivity contribution is 6.02. The van der Waals surface area contributed by atoms with Crippen molar-refractivity contribution in [1.82, 2.24) is 0 Å². The molecule has 0 amide bonds. The van der Waals surface area contributed by atoms with Crippen LogP contribution in [-0.2, 0) is 30.5 Å². The highest BCUT2D eigenvalue weighted by atomic mass is 16.7. The predicted octanol–water partition coefficient (Wildman–Crippen LogP) is 4.43. The van der Waals surface area contributed by atoms with Crippen molar-refractivity contribution in [2.45, 2.75) is 51.2 Å². The molecule has 0 saturated carbocycles. The van der Waals surface area contributed by atoms with Crippen LogP contribution >= 0.6 is 0 Å². The summed E-state index contributed by atoms with van der Waals surface area (Å²) in [5, 5.41) is 4.20. The maximum atomic E-state index is 12.3. The summed E-state index contributed by atoms with van der Waals surface area (Å²) in [7, 11) is 1.31. The van der Waals surface area contributed by atoms with E-state index in [1.54, 1.807) is 0 Å². The van der Waals surface area contributed by atoms with Crippen molar-refractivity contribution >= 4 is 17.7 Å².